The third-order valence-corrected chi connectivity index (χ3v) is 4.82. The second kappa shape index (κ2) is 6.89. The molecule has 1 heterocycles. The Morgan fingerprint density at radius 3 is 2.54 bits per heavy atom. The molecule has 0 aliphatic carbocycles. The van der Waals surface area contributed by atoms with E-state index in [0.717, 1.165) is 22.2 Å². The van der Waals surface area contributed by atoms with E-state index in [1.54, 1.807) is 0 Å². The van der Waals surface area contributed by atoms with Crippen LogP contribution in [0.15, 0.2) is 47.4 Å². The summed E-state index contributed by atoms with van der Waals surface area (Å²) in [6, 6.07) is 12.1. The molecule has 0 spiro atoms. The Balaban J connectivity index is 1.89. The van der Waals surface area contributed by atoms with Gasteiger partial charge in [0, 0.05) is 10.6 Å². The number of carbonyl (C=O) groups is 2. The molecule has 122 valence electrons. The fourth-order valence-electron chi connectivity index (χ4n) is 2.24. The van der Waals surface area contributed by atoms with Crippen molar-refractivity contribution in [3.05, 3.63) is 68.5 Å². The maximum Gasteiger partial charge on any atom is 0.293 e. The van der Waals surface area contributed by atoms with E-state index < -0.39 is 5.91 Å². The molecule has 0 bridgehead atoms. The Hall–Kier alpha value is -1.95. The van der Waals surface area contributed by atoms with Crippen molar-refractivity contribution in [3.63, 3.8) is 0 Å². The van der Waals surface area contributed by atoms with Crippen LogP contribution in [0.1, 0.15) is 11.1 Å². The number of phenolic OH excluding ortho intramolecular Hbond substituents is 1. The number of benzene rings is 2. The van der Waals surface area contributed by atoms with Crippen LogP contribution in [0.25, 0.3) is 6.08 Å². The van der Waals surface area contributed by atoms with Gasteiger partial charge in [-0.15, -0.1) is 0 Å². The van der Waals surface area contributed by atoms with Crippen LogP contribution in [0.2, 0.25) is 10.0 Å². The third kappa shape index (κ3) is 3.43. The summed E-state index contributed by atoms with van der Waals surface area (Å²) in [6.07, 6.45) is 1.42. The maximum atomic E-state index is 12.5. The predicted octanol–water partition coefficient (Wildman–Crippen LogP) is 4.94. The van der Waals surface area contributed by atoms with Crippen LogP contribution in [0.3, 0.4) is 0 Å². The summed E-state index contributed by atoms with van der Waals surface area (Å²) in [5.41, 5.74) is 1.15. The second-order valence-electron chi connectivity index (χ2n) is 5.08. The Morgan fingerprint density at radius 2 is 1.83 bits per heavy atom. The molecule has 0 radical (unpaired) electrons. The average molecular weight is 380 g/mol. The van der Waals surface area contributed by atoms with Gasteiger partial charge in [-0.1, -0.05) is 53.5 Å². The summed E-state index contributed by atoms with van der Waals surface area (Å²) in [5, 5.41) is 10.0. The number of carbonyl (C=O) groups excluding carboxylic acids is 2. The van der Waals surface area contributed by atoms with Crippen LogP contribution in [0.5, 0.6) is 5.75 Å². The Morgan fingerprint density at radius 1 is 1.12 bits per heavy atom. The van der Waals surface area contributed by atoms with Crippen molar-refractivity contribution in [3.8, 4) is 5.75 Å². The number of imide groups is 1. The van der Waals surface area contributed by atoms with E-state index in [1.807, 2.05) is 30.3 Å². The number of phenols is 1. The largest absolute Gasteiger partial charge is 0.506 e. The SMILES string of the molecule is O=C1S/C(=C\c2cc(Cl)cc(Cl)c2O)C(=O)N1Cc1ccccc1. The van der Waals surface area contributed by atoms with Crippen LogP contribution in [-0.2, 0) is 11.3 Å². The van der Waals surface area contributed by atoms with Crippen molar-refractivity contribution >= 4 is 52.2 Å². The van der Waals surface area contributed by atoms with E-state index in [2.05, 4.69) is 0 Å². The lowest BCUT2D eigenvalue weighted by atomic mass is 10.1. The zero-order chi connectivity index (χ0) is 17.3. The van der Waals surface area contributed by atoms with Crippen LogP contribution in [0, 0.1) is 0 Å². The lowest BCUT2D eigenvalue weighted by molar-refractivity contribution is -0.123. The molecule has 2 aromatic rings. The summed E-state index contributed by atoms with van der Waals surface area (Å²) in [7, 11) is 0. The molecule has 0 atom stereocenters. The monoisotopic (exact) mass is 379 g/mol. The first-order chi connectivity index (χ1) is 11.5. The lowest BCUT2D eigenvalue weighted by Gasteiger charge is -2.12. The number of rotatable bonds is 3. The van der Waals surface area contributed by atoms with Gasteiger partial charge in [0.25, 0.3) is 11.1 Å². The van der Waals surface area contributed by atoms with Crippen molar-refractivity contribution in [1.29, 1.82) is 0 Å². The molecular formula is C17H11Cl2NO3S. The van der Waals surface area contributed by atoms with Gasteiger partial charge in [-0.05, 0) is 35.5 Å². The van der Waals surface area contributed by atoms with E-state index in [4.69, 9.17) is 23.2 Å². The topological polar surface area (TPSA) is 57.6 Å². The molecule has 4 nitrogen and oxygen atoms in total. The Kier molecular flexibility index (Phi) is 4.85. The summed E-state index contributed by atoms with van der Waals surface area (Å²) < 4.78 is 0. The Bertz CT molecular complexity index is 852. The normalized spacial score (nSPS) is 16.2. The molecule has 0 unspecified atom stereocenters. The fourth-order valence-corrected chi connectivity index (χ4v) is 3.58. The number of hydrogen-bond acceptors (Lipinski definition) is 4. The van der Waals surface area contributed by atoms with Gasteiger partial charge in [-0.2, -0.15) is 0 Å². The van der Waals surface area contributed by atoms with Gasteiger partial charge in [0.2, 0.25) is 0 Å². The average Bonchev–Trinajstić information content (AvgIpc) is 2.81. The lowest BCUT2D eigenvalue weighted by Crippen LogP contribution is -2.27. The highest BCUT2D eigenvalue weighted by atomic mass is 35.5. The van der Waals surface area contributed by atoms with Gasteiger partial charge < -0.3 is 5.11 Å². The molecule has 1 fully saturated rings. The zero-order valence-electron chi connectivity index (χ0n) is 12.2. The quantitative estimate of drug-likeness (QED) is 0.767. The van der Waals surface area contributed by atoms with Crippen molar-refractivity contribution in [1.82, 2.24) is 4.90 Å². The van der Waals surface area contributed by atoms with Crippen LogP contribution >= 0.6 is 35.0 Å². The number of amides is 2. The van der Waals surface area contributed by atoms with Crippen molar-refractivity contribution in [2.75, 3.05) is 0 Å². The number of hydrogen-bond donors (Lipinski definition) is 1. The second-order valence-corrected chi connectivity index (χ2v) is 6.92. The molecule has 0 saturated carbocycles. The summed E-state index contributed by atoms with van der Waals surface area (Å²) in [6.45, 7) is 0.200. The molecular weight excluding hydrogens is 369 g/mol. The fraction of sp³-hybridized carbons (Fsp3) is 0.0588. The van der Waals surface area contributed by atoms with Crippen LogP contribution in [-0.4, -0.2) is 21.2 Å². The predicted molar refractivity (Wildman–Crippen MR) is 96.1 cm³/mol. The first-order valence-electron chi connectivity index (χ1n) is 6.93. The van der Waals surface area contributed by atoms with Gasteiger partial charge in [-0.25, -0.2) is 0 Å². The minimum absolute atomic E-state index is 0.0808. The van der Waals surface area contributed by atoms with Gasteiger partial charge >= 0.3 is 0 Å². The smallest absolute Gasteiger partial charge is 0.293 e. The number of thioether (sulfide) groups is 1. The number of halogens is 2. The standard InChI is InChI=1S/C17H11Cl2NO3S/c18-12-6-11(15(21)13(19)8-12)7-14-16(22)20(17(23)24-14)9-10-4-2-1-3-5-10/h1-8,21H,9H2/b14-7-. The molecule has 0 aromatic heterocycles. The number of nitrogens with zero attached hydrogens (tertiary/aromatic N) is 1. The van der Waals surface area contributed by atoms with E-state index in [-0.39, 0.29) is 33.0 Å². The number of aromatic hydroxyl groups is 1. The molecule has 1 saturated heterocycles. The van der Waals surface area contributed by atoms with Crippen molar-refractivity contribution < 1.29 is 14.7 Å². The molecule has 1 aliphatic rings. The van der Waals surface area contributed by atoms with E-state index in [9.17, 15) is 14.7 Å². The van der Waals surface area contributed by atoms with Gasteiger partial charge in [0.15, 0.2) is 0 Å². The van der Waals surface area contributed by atoms with Crippen molar-refractivity contribution in [2.45, 2.75) is 6.54 Å². The molecule has 1 aliphatic heterocycles. The molecule has 2 amide bonds. The van der Waals surface area contributed by atoms with Gasteiger partial charge in [-0.3, -0.25) is 14.5 Å². The molecule has 1 N–H and O–H groups in total. The molecule has 2 aromatic carbocycles. The van der Waals surface area contributed by atoms with E-state index >= 15 is 0 Å². The summed E-state index contributed by atoms with van der Waals surface area (Å²) in [4.78, 5) is 26.0. The zero-order valence-corrected chi connectivity index (χ0v) is 14.5. The van der Waals surface area contributed by atoms with Gasteiger partial charge in [0.1, 0.15) is 5.75 Å². The highest BCUT2D eigenvalue weighted by Crippen LogP contribution is 2.37. The summed E-state index contributed by atoms with van der Waals surface area (Å²) >= 11 is 12.6. The van der Waals surface area contributed by atoms with E-state index in [0.29, 0.717) is 5.02 Å². The van der Waals surface area contributed by atoms with Gasteiger partial charge in [0.05, 0.1) is 16.5 Å². The first-order valence-corrected chi connectivity index (χ1v) is 8.50. The van der Waals surface area contributed by atoms with Crippen molar-refractivity contribution in [2.24, 2.45) is 0 Å². The summed E-state index contributed by atoms with van der Waals surface area (Å²) in [5.74, 6) is -0.597. The Labute approximate surface area is 152 Å². The third-order valence-electron chi connectivity index (χ3n) is 3.40. The highest BCUT2D eigenvalue weighted by molar-refractivity contribution is 8.18. The first kappa shape index (κ1) is 16.9. The van der Waals surface area contributed by atoms with E-state index in [1.165, 1.54) is 18.2 Å². The minimum atomic E-state index is -0.413. The van der Waals surface area contributed by atoms with Crippen LogP contribution in [0.4, 0.5) is 4.79 Å². The van der Waals surface area contributed by atoms with Crippen LogP contribution < -0.4 is 0 Å². The highest BCUT2D eigenvalue weighted by Gasteiger charge is 2.35. The molecule has 3 rings (SSSR count). The minimum Gasteiger partial charge on any atom is -0.506 e. The molecule has 7 heteroatoms. The molecule has 24 heavy (non-hydrogen) atoms. The maximum absolute atomic E-state index is 12.5.